The molecule has 7 nitrogen and oxygen atoms in total. The van der Waals surface area contributed by atoms with Crippen LogP contribution in [0.25, 0.3) is 11.5 Å². The third kappa shape index (κ3) is 5.29. The molecule has 168 valence electrons. The van der Waals surface area contributed by atoms with Crippen molar-refractivity contribution in [2.24, 2.45) is 0 Å². The maximum atomic E-state index is 12.6. The molecule has 1 aromatic heterocycles. The predicted octanol–water partition coefficient (Wildman–Crippen LogP) is 4.71. The summed E-state index contributed by atoms with van der Waals surface area (Å²) in [5, 5.41) is 2.97. The number of anilines is 1. The molecule has 2 heterocycles. The van der Waals surface area contributed by atoms with E-state index in [2.05, 4.69) is 29.3 Å². The molecule has 0 bridgehead atoms. The topological polar surface area (TPSA) is 70.8 Å². The van der Waals surface area contributed by atoms with Crippen molar-refractivity contribution in [3.63, 3.8) is 0 Å². The minimum absolute atomic E-state index is 0.0758. The molecule has 1 fully saturated rings. The Hall–Kier alpha value is -3.32. The fraction of sp³-hybridized carbons (Fsp3) is 0.360. The van der Waals surface area contributed by atoms with Gasteiger partial charge in [-0.25, -0.2) is 9.78 Å². The SMILES string of the molecule is CCOc1ccc(NC(=O)N2CCN(Cc3nc(-c4ccc(C)cc4)oc3C)CC2)cc1. The number of ether oxygens (including phenoxy) is 1. The van der Waals surface area contributed by atoms with Crippen molar-refractivity contribution in [1.29, 1.82) is 0 Å². The number of aryl methyl sites for hydroxylation is 2. The van der Waals surface area contributed by atoms with Crippen molar-refractivity contribution >= 4 is 11.7 Å². The molecule has 1 aliphatic rings. The molecular formula is C25H30N4O3. The van der Waals surface area contributed by atoms with Gasteiger partial charge < -0.3 is 19.4 Å². The molecule has 0 radical (unpaired) electrons. The van der Waals surface area contributed by atoms with E-state index in [0.717, 1.165) is 48.1 Å². The third-order valence-corrected chi connectivity index (χ3v) is 5.64. The van der Waals surface area contributed by atoms with Gasteiger partial charge in [0.25, 0.3) is 0 Å². The number of piperazine rings is 1. The normalized spacial score (nSPS) is 14.4. The van der Waals surface area contributed by atoms with Gasteiger partial charge in [-0.15, -0.1) is 0 Å². The fourth-order valence-corrected chi connectivity index (χ4v) is 3.72. The predicted molar refractivity (Wildman–Crippen MR) is 125 cm³/mol. The van der Waals surface area contributed by atoms with Gasteiger partial charge in [-0.1, -0.05) is 17.7 Å². The van der Waals surface area contributed by atoms with Gasteiger partial charge in [0.2, 0.25) is 5.89 Å². The van der Waals surface area contributed by atoms with Crippen LogP contribution in [0.15, 0.2) is 52.9 Å². The van der Waals surface area contributed by atoms with Gasteiger partial charge >= 0.3 is 6.03 Å². The van der Waals surface area contributed by atoms with Crippen LogP contribution in [0.5, 0.6) is 5.75 Å². The number of nitrogens with one attached hydrogen (secondary N) is 1. The second-order valence-corrected chi connectivity index (χ2v) is 8.04. The highest BCUT2D eigenvalue weighted by Crippen LogP contribution is 2.23. The molecule has 0 spiro atoms. The lowest BCUT2D eigenvalue weighted by Gasteiger charge is -2.34. The molecule has 2 amide bonds. The average molecular weight is 435 g/mol. The average Bonchev–Trinajstić information content (AvgIpc) is 3.16. The molecule has 32 heavy (non-hydrogen) atoms. The lowest BCUT2D eigenvalue weighted by Crippen LogP contribution is -2.49. The van der Waals surface area contributed by atoms with Crippen molar-refractivity contribution in [3.8, 4) is 17.2 Å². The minimum Gasteiger partial charge on any atom is -0.494 e. The largest absolute Gasteiger partial charge is 0.494 e. The zero-order chi connectivity index (χ0) is 22.5. The van der Waals surface area contributed by atoms with Crippen LogP contribution in [0.4, 0.5) is 10.5 Å². The molecule has 3 aromatic rings. The molecule has 4 rings (SSSR count). The van der Waals surface area contributed by atoms with Crippen molar-refractivity contribution < 1.29 is 13.9 Å². The lowest BCUT2D eigenvalue weighted by atomic mass is 10.1. The summed E-state index contributed by atoms with van der Waals surface area (Å²) in [4.78, 5) is 21.5. The maximum Gasteiger partial charge on any atom is 0.321 e. The van der Waals surface area contributed by atoms with E-state index in [1.54, 1.807) is 0 Å². The van der Waals surface area contributed by atoms with Crippen LogP contribution in [0.2, 0.25) is 0 Å². The van der Waals surface area contributed by atoms with E-state index in [-0.39, 0.29) is 6.03 Å². The smallest absolute Gasteiger partial charge is 0.321 e. The van der Waals surface area contributed by atoms with Gasteiger partial charge in [-0.2, -0.15) is 0 Å². The summed E-state index contributed by atoms with van der Waals surface area (Å²) >= 11 is 0. The first-order valence-electron chi connectivity index (χ1n) is 11.1. The number of hydrogen-bond donors (Lipinski definition) is 1. The van der Waals surface area contributed by atoms with E-state index >= 15 is 0 Å². The summed E-state index contributed by atoms with van der Waals surface area (Å²) in [5.41, 5.74) is 3.91. The second-order valence-electron chi connectivity index (χ2n) is 8.04. The van der Waals surface area contributed by atoms with Crippen LogP contribution in [-0.2, 0) is 6.54 Å². The van der Waals surface area contributed by atoms with Crippen molar-refractivity contribution in [1.82, 2.24) is 14.8 Å². The Morgan fingerprint density at radius 1 is 1.03 bits per heavy atom. The summed E-state index contributed by atoms with van der Waals surface area (Å²) in [6, 6.07) is 15.6. The van der Waals surface area contributed by atoms with Gasteiger partial charge in [-0.3, -0.25) is 4.90 Å². The van der Waals surface area contributed by atoms with E-state index in [1.165, 1.54) is 5.56 Å². The van der Waals surface area contributed by atoms with Gasteiger partial charge in [0.15, 0.2) is 0 Å². The van der Waals surface area contributed by atoms with Crippen molar-refractivity contribution in [2.45, 2.75) is 27.3 Å². The number of amides is 2. The molecule has 1 saturated heterocycles. The van der Waals surface area contributed by atoms with Crippen LogP contribution in [0, 0.1) is 13.8 Å². The minimum atomic E-state index is -0.0758. The Morgan fingerprint density at radius 2 is 1.72 bits per heavy atom. The van der Waals surface area contributed by atoms with E-state index < -0.39 is 0 Å². The molecule has 0 atom stereocenters. The highest BCUT2D eigenvalue weighted by molar-refractivity contribution is 5.89. The Bertz CT molecular complexity index is 1040. The van der Waals surface area contributed by atoms with Gasteiger partial charge in [-0.05, 0) is 57.2 Å². The number of rotatable bonds is 6. The number of benzene rings is 2. The Labute approximate surface area is 189 Å². The number of carbonyl (C=O) groups excluding carboxylic acids is 1. The number of carbonyl (C=O) groups is 1. The van der Waals surface area contributed by atoms with Crippen molar-refractivity contribution in [2.75, 3.05) is 38.1 Å². The first-order valence-corrected chi connectivity index (χ1v) is 11.1. The quantitative estimate of drug-likeness (QED) is 0.609. The van der Waals surface area contributed by atoms with E-state index in [0.29, 0.717) is 25.6 Å². The van der Waals surface area contributed by atoms with Crippen LogP contribution >= 0.6 is 0 Å². The number of nitrogens with zero attached hydrogens (tertiary/aromatic N) is 3. The molecule has 0 aliphatic carbocycles. The second kappa shape index (κ2) is 9.87. The third-order valence-electron chi connectivity index (χ3n) is 5.64. The fourth-order valence-electron chi connectivity index (χ4n) is 3.72. The molecular weight excluding hydrogens is 404 g/mol. The van der Waals surface area contributed by atoms with Crippen LogP contribution in [0.3, 0.4) is 0 Å². The first-order chi connectivity index (χ1) is 15.5. The van der Waals surface area contributed by atoms with E-state index in [1.807, 2.05) is 55.1 Å². The summed E-state index contributed by atoms with van der Waals surface area (Å²) in [6.45, 7) is 10.2. The molecule has 0 saturated carbocycles. The van der Waals surface area contributed by atoms with Crippen LogP contribution in [0.1, 0.15) is 23.9 Å². The molecule has 1 N–H and O–H groups in total. The number of hydrogen-bond acceptors (Lipinski definition) is 5. The summed E-state index contributed by atoms with van der Waals surface area (Å²) in [6.07, 6.45) is 0. The maximum absolute atomic E-state index is 12.6. The Morgan fingerprint density at radius 3 is 2.38 bits per heavy atom. The monoisotopic (exact) mass is 434 g/mol. The number of urea groups is 1. The molecule has 1 aliphatic heterocycles. The first kappa shape index (κ1) is 21.9. The molecule has 2 aromatic carbocycles. The molecule has 0 unspecified atom stereocenters. The standard InChI is InChI=1S/C25H30N4O3/c1-4-31-22-11-9-21(10-12-22)26-25(30)29-15-13-28(14-16-29)17-23-19(3)32-24(27-23)20-7-5-18(2)6-8-20/h5-12H,4,13-17H2,1-3H3,(H,26,30). The summed E-state index contributed by atoms with van der Waals surface area (Å²) < 4.78 is 11.4. The highest BCUT2D eigenvalue weighted by atomic mass is 16.5. The van der Waals surface area contributed by atoms with Crippen LogP contribution in [-0.4, -0.2) is 53.6 Å². The van der Waals surface area contributed by atoms with E-state index in [9.17, 15) is 4.79 Å². The molecule has 7 heteroatoms. The van der Waals surface area contributed by atoms with Gasteiger partial charge in [0.05, 0.1) is 12.3 Å². The Kier molecular flexibility index (Phi) is 6.75. The van der Waals surface area contributed by atoms with Crippen molar-refractivity contribution in [3.05, 3.63) is 65.5 Å². The highest BCUT2D eigenvalue weighted by Gasteiger charge is 2.23. The summed E-state index contributed by atoms with van der Waals surface area (Å²) in [5.74, 6) is 2.30. The van der Waals surface area contributed by atoms with Gasteiger partial charge in [0, 0.05) is 44.0 Å². The zero-order valence-electron chi connectivity index (χ0n) is 18.9. The zero-order valence-corrected chi connectivity index (χ0v) is 18.9. The van der Waals surface area contributed by atoms with E-state index in [4.69, 9.17) is 14.1 Å². The number of oxazole rings is 1. The van der Waals surface area contributed by atoms with Gasteiger partial charge in [0.1, 0.15) is 11.5 Å². The summed E-state index contributed by atoms with van der Waals surface area (Å²) in [7, 11) is 0. The Balaban J connectivity index is 1.29. The number of aromatic nitrogens is 1. The lowest BCUT2D eigenvalue weighted by molar-refractivity contribution is 0.141. The van der Waals surface area contributed by atoms with Crippen LogP contribution < -0.4 is 10.1 Å².